The van der Waals surface area contributed by atoms with E-state index in [-0.39, 0.29) is 17.7 Å². The minimum atomic E-state index is -4.67. The van der Waals surface area contributed by atoms with Gasteiger partial charge in [-0.1, -0.05) is 30.3 Å². The molecular weight excluding hydrogens is 506 g/mol. The van der Waals surface area contributed by atoms with Gasteiger partial charge in [-0.15, -0.1) is 0 Å². The average Bonchev–Trinajstić information content (AvgIpc) is 3.38. The number of carbonyl (C=O) groups excluding carboxylic acids is 2. The number of carbonyl (C=O) groups is 3. The van der Waals surface area contributed by atoms with Crippen LogP contribution in [0.5, 0.6) is 0 Å². The average molecular weight is 529 g/mol. The van der Waals surface area contributed by atoms with Gasteiger partial charge in [0.25, 0.3) is 0 Å². The van der Waals surface area contributed by atoms with E-state index in [9.17, 15) is 31.9 Å². The van der Waals surface area contributed by atoms with Gasteiger partial charge in [-0.25, -0.2) is 14.0 Å². The van der Waals surface area contributed by atoms with Gasteiger partial charge in [0, 0.05) is 24.3 Å². The van der Waals surface area contributed by atoms with Gasteiger partial charge in [0.15, 0.2) is 0 Å². The molecule has 11 heteroatoms. The number of anilines is 1. The van der Waals surface area contributed by atoms with Crippen molar-refractivity contribution in [2.45, 2.75) is 31.6 Å². The Morgan fingerprint density at radius 1 is 0.947 bits per heavy atom. The Balaban J connectivity index is 1.35. The summed E-state index contributed by atoms with van der Waals surface area (Å²) in [5.74, 6) is -2.51. The predicted octanol–water partition coefficient (Wildman–Crippen LogP) is 5.52. The zero-order valence-corrected chi connectivity index (χ0v) is 19.9. The normalized spacial score (nSPS) is 15.3. The fraction of sp³-hybridized carbons (Fsp3) is 0.222. The van der Waals surface area contributed by atoms with Gasteiger partial charge in [0.1, 0.15) is 11.9 Å². The molecule has 1 saturated heterocycles. The molecule has 0 aromatic heterocycles. The van der Waals surface area contributed by atoms with Gasteiger partial charge in [0.2, 0.25) is 5.91 Å². The Labute approximate surface area is 215 Å². The van der Waals surface area contributed by atoms with Crippen LogP contribution in [0.15, 0.2) is 66.7 Å². The van der Waals surface area contributed by atoms with Crippen molar-refractivity contribution in [1.29, 1.82) is 0 Å². The number of aromatic carboxylic acids is 1. The van der Waals surface area contributed by atoms with Crippen LogP contribution in [0.1, 0.15) is 34.3 Å². The van der Waals surface area contributed by atoms with Gasteiger partial charge >= 0.3 is 18.2 Å². The van der Waals surface area contributed by atoms with E-state index >= 15 is 0 Å². The quantitative estimate of drug-likeness (QED) is 0.366. The summed E-state index contributed by atoms with van der Waals surface area (Å²) in [7, 11) is 0. The fourth-order valence-corrected chi connectivity index (χ4v) is 4.20. The Kier molecular flexibility index (Phi) is 7.65. The molecule has 4 rings (SSSR count). The number of nitrogens with zero attached hydrogens (tertiary/aromatic N) is 1. The maximum Gasteiger partial charge on any atom is 0.416 e. The van der Waals surface area contributed by atoms with Crippen molar-refractivity contribution in [2.24, 2.45) is 0 Å². The Bertz CT molecular complexity index is 1340. The lowest BCUT2D eigenvalue weighted by atomic mass is 10.0. The molecule has 38 heavy (non-hydrogen) atoms. The number of benzene rings is 3. The predicted molar refractivity (Wildman–Crippen MR) is 131 cm³/mol. The molecule has 3 aromatic rings. The molecule has 0 saturated carbocycles. The first-order valence-corrected chi connectivity index (χ1v) is 11.7. The smallest absolute Gasteiger partial charge is 0.416 e. The van der Waals surface area contributed by atoms with E-state index in [1.165, 1.54) is 17.0 Å². The van der Waals surface area contributed by atoms with Crippen LogP contribution in [0.25, 0.3) is 11.1 Å². The van der Waals surface area contributed by atoms with Crippen molar-refractivity contribution >= 4 is 23.6 Å². The molecule has 0 spiro atoms. The zero-order valence-electron chi connectivity index (χ0n) is 19.9. The molecule has 0 unspecified atom stereocenters. The van der Waals surface area contributed by atoms with Gasteiger partial charge in [0.05, 0.1) is 11.1 Å². The number of amides is 3. The molecule has 0 bridgehead atoms. The van der Waals surface area contributed by atoms with Gasteiger partial charge in [-0.05, 0) is 60.4 Å². The molecule has 198 valence electrons. The third-order valence-electron chi connectivity index (χ3n) is 6.24. The molecule has 3 amide bonds. The summed E-state index contributed by atoms with van der Waals surface area (Å²) in [6.45, 7) is -0.0345. The zero-order chi connectivity index (χ0) is 27.4. The monoisotopic (exact) mass is 529 g/mol. The first kappa shape index (κ1) is 26.6. The molecular formula is C27H23F4N3O4. The summed E-state index contributed by atoms with van der Waals surface area (Å²) >= 11 is 0. The molecule has 1 fully saturated rings. The SMILES string of the molecule is O=C(O)c1ccc(-c2ccc(NC(=O)[C@H]3CCCN3C(=O)NCc3ccc(C(F)(F)F)cc3F)cc2)cc1. The van der Waals surface area contributed by atoms with E-state index in [0.717, 1.165) is 23.3 Å². The summed E-state index contributed by atoms with van der Waals surface area (Å²) in [4.78, 5) is 37.9. The number of carboxylic acids is 1. The van der Waals surface area contributed by atoms with E-state index in [1.54, 1.807) is 36.4 Å². The molecule has 0 radical (unpaired) electrons. The Morgan fingerprint density at radius 3 is 2.16 bits per heavy atom. The van der Waals surface area contributed by atoms with Crippen molar-refractivity contribution < 1.29 is 37.1 Å². The minimum Gasteiger partial charge on any atom is -0.478 e. The van der Waals surface area contributed by atoms with E-state index in [0.29, 0.717) is 31.1 Å². The topological polar surface area (TPSA) is 98.7 Å². The first-order valence-electron chi connectivity index (χ1n) is 11.7. The molecule has 3 aromatic carbocycles. The van der Waals surface area contributed by atoms with Crippen LogP contribution < -0.4 is 10.6 Å². The molecule has 1 atom stereocenters. The summed E-state index contributed by atoms with van der Waals surface area (Å²) in [6.07, 6.45) is -3.68. The van der Waals surface area contributed by atoms with Crippen LogP contribution in [-0.4, -0.2) is 40.5 Å². The van der Waals surface area contributed by atoms with Crippen LogP contribution in [-0.2, 0) is 17.5 Å². The van der Waals surface area contributed by atoms with Crippen molar-refractivity contribution in [3.8, 4) is 11.1 Å². The Hall–Kier alpha value is -4.41. The van der Waals surface area contributed by atoms with Crippen LogP contribution in [0.3, 0.4) is 0 Å². The number of hydrogen-bond donors (Lipinski definition) is 3. The first-order chi connectivity index (χ1) is 18.0. The second-order valence-electron chi connectivity index (χ2n) is 8.76. The van der Waals surface area contributed by atoms with Crippen molar-refractivity contribution in [2.75, 3.05) is 11.9 Å². The van der Waals surface area contributed by atoms with Gasteiger partial charge in [-0.3, -0.25) is 4.79 Å². The third kappa shape index (κ3) is 6.10. The van der Waals surface area contributed by atoms with Crippen LogP contribution in [0.4, 0.5) is 28.0 Å². The fourth-order valence-electron chi connectivity index (χ4n) is 4.20. The standard InChI is InChI=1S/C27H23F4N3O4/c28-22-14-20(27(29,30)31)10-7-19(22)15-32-26(38)34-13-1-2-23(34)24(35)33-21-11-8-17(9-12-21)16-3-5-18(6-4-16)25(36)37/h3-12,14,23H,1-2,13,15H2,(H,32,38)(H,33,35)(H,36,37)/t23-/m1/s1. The van der Waals surface area contributed by atoms with Crippen LogP contribution in [0, 0.1) is 5.82 Å². The molecule has 1 aliphatic heterocycles. The highest BCUT2D eigenvalue weighted by atomic mass is 19.4. The second kappa shape index (κ2) is 10.9. The number of nitrogens with one attached hydrogen (secondary N) is 2. The molecule has 7 nitrogen and oxygen atoms in total. The van der Waals surface area contributed by atoms with E-state index in [1.807, 2.05) is 0 Å². The summed E-state index contributed by atoms with van der Waals surface area (Å²) < 4.78 is 52.3. The third-order valence-corrected chi connectivity index (χ3v) is 6.24. The molecule has 3 N–H and O–H groups in total. The summed E-state index contributed by atoms with van der Waals surface area (Å²) in [5.41, 5.74) is 1.07. The Morgan fingerprint density at radius 2 is 1.58 bits per heavy atom. The van der Waals surface area contributed by atoms with Crippen molar-refractivity contribution in [3.05, 3.63) is 89.2 Å². The van der Waals surface area contributed by atoms with E-state index in [2.05, 4.69) is 10.6 Å². The lowest BCUT2D eigenvalue weighted by Gasteiger charge is -2.24. The van der Waals surface area contributed by atoms with Crippen molar-refractivity contribution in [1.82, 2.24) is 10.2 Å². The molecule has 1 heterocycles. The summed E-state index contributed by atoms with van der Waals surface area (Å²) in [6, 6.07) is 14.0. The largest absolute Gasteiger partial charge is 0.478 e. The highest BCUT2D eigenvalue weighted by molar-refractivity contribution is 5.97. The van der Waals surface area contributed by atoms with Crippen molar-refractivity contribution in [3.63, 3.8) is 0 Å². The second-order valence-corrected chi connectivity index (χ2v) is 8.76. The highest BCUT2D eigenvalue weighted by Gasteiger charge is 2.34. The van der Waals surface area contributed by atoms with Crippen LogP contribution in [0.2, 0.25) is 0 Å². The minimum absolute atomic E-state index is 0.107. The highest BCUT2D eigenvalue weighted by Crippen LogP contribution is 2.30. The van der Waals surface area contributed by atoms with Crippen LogP contribution >= 0.6 is 0 Å². The molecule has 1 aliphatic rings. The van der Waals surface area contributed by atoms with E-state index < -0.39 is 41.5 Å². The number of hydrogen-bond acceptors (Lipinski definition) is 3. The number of urea groups is 1. The maximum absolute atomic E-state index is 14.1. The maximum atomic E-state index is 14.1. The number of alkyl halides is 3. The van der Waals surface area contributed by atoms with E-state index in [4.69, 9.17) is 5.11 Å². The number of carboxylic acid groups (broad SMARTS) is 1. The summed E-state index contributed by atoms with van der Waals surface area (Å²) in [5, 5.41) is 14.3. The van der Waals surface area contributed by atoms with Gasteiger partial charge in [-0.2, -0.15) is 13.2 Å². The number of rotatable bonds is 6. The number of likely N-dealkylation sites (tertiary alicyclic amines) is 1. The lowest BCUT2D eigenvalue weighted by molar-refractivity contribution is -0.137. The van der Waals surface area contributed by atoms with Gasteiger partial charge < -0.3 is 20.6 Å². The number of halogens is 4. The lowest BCUT2D eigenvalue weighted by Crippen LogP contribution is -2.47. The molecule has 0 aliphatic carbocycles.